The lowest BCUT2D eigenvalue weighted by Gasteiger charge is -2.45. The Morgan fingerprint density at radius 2 is 0.341 bits per heavy atom. The van der Waals surface area contributed by atoms with Gasteiger partial charge in [0.25, 0.3) is 0 Å². The van der Waals surface area contributed by atoms with E-state index >= 15 is 0 Å². The highest BCUT2D eigenvalue weighted by atomic mass is 31.2. The van der Waals surface area contributed by atoms with Crippen molar-refractivity contribution in [3.8, 4) is 0 Å². The second-order valence-electron chi connectivity index (χ2n) is 7.24. The second kappa shape index (κ2) is 10.6. The summed E-state index contributed by atoms with van der Waals surface area (Å²) in [5, 5.41) is 0. The van der Waals surface area contributed by atoms with E-state index in [0.29, 0.717) is 0 Å². The normalized spacial score (nSPS) is 16.9. The van der Waals surface area contributed by atoms with Crippen molar-refractivity contribution in [2.75, 3.05) is 0 Å². The van der Waals surface area contributed by atoms with Gasteiger partial charge in [-0.3, -0.25) is 13.6 Å². The first kappa shape index (κ1) is 42.2. The van der Waals surface area contributed by atoms with E-state index in [-0.39, 0.29) is 0 Å². The number of halogens is 27. The van der Waals surface area contributed by atoms with Crippen molar-refractivity contribution in [2.45, 2.75) is 72.4 Å². The fourth-order valence-electron chi connectivity index (χ4n) is 2.47. The standard InChI is InChI=1S/C12F27O4P/c13-4(14,15)1(5(16,17)18,6(19,20)21)41-44(40,42-2(7(22,23)24,8(25,26)27)9(28,29)30)43-3(10(31,32)33,11(34,35)36)12(37,38)39. The molecule has 0 aromatic heterocycles. The molecular weight excluding hydrogens is 752 g/mol. The van der Waals surface area contributed by atoms with Gasteiger partial charge >= 0.3 is 80.2 Å². The molecule has 0 atom stereocenters. The first-order chi connectivity index (χ1) is 18.4. The molecule has 0 radical (unpaired) electrons. The number of hydrogen-bond acceptors (Lipinski definition) is 4. The minimum Gasteiger partial charge on any atom is -0.252 e. The third-order valence-corrected chi connectivity index (χ3v) is 5.83. The molecule has 0 heterocycles. The first-order valence-corrected chi connectivity index (χ1v) is 10.2. The molecule has 0 bridgehead atoms. The summed E-state index contributed by atoms with van der Waals surface area (Å²) >= 11 is 0. The number of rotatable bonds is 6. The Labute approximate surface area is 218 Å². The van der Waals surface area contributed by atoms with Crippen molar-refractivity contribution in [3.63, 3.8) is 0 Å². The molecule has 32 heteroatoms. The van der Waals surface area contributed by atoms with E-state index < -0.39 is 80.2 Å². The molecule has 4 nitrogen and oxygen atoms in total. The highest BCUT2D eigenvalue weighted by Gasteiger charge is 2.94. The molecule has 0 aromatic carbocycles. The minimum absolute atomic E-state index is 1.14. The number of phosphoric acid groups is 1. The molecule has 0 aliphatic rings. The van der Waals surface area contributed by atoms with Crippen LogP contribution >= 0.6 is 7.82 Å². The summed E-state index contributed by atoms with van der Waals surface area (Å²) in [4.78, 5) is 0. The molecule has 0 rings (SSSR count). The Hall–Kier alpha value is -1.78. The van der Waals surface area contributed by atoms with Crippen LogP contribution in [-0.2, 0) is 18.1 Å². The van der Waals surface area contributed by atoms with Gasteiger partial charge in [0.15, 0.2) is 0 Å². The minimum atomic E-state index is -10.9. The Bertz CT molecular complexity index is 812. The van der Waals surface area contributed by atoms with E-state index in [1.807, 2.05) is 0 Å². The van der Waals surface area contributed by atoms with Crippen LogP contribution in [0.1, 0.15) is 0 Å². The first-order valence-electron chi connectivity index (χ1n) is 8.70. The van der Waals surface area contributed by atoms with Crippen molar-refractivity contribution in [1.82, 2.24) is 0 Å². The monoisotopic (exact) mass is 752 g/mol. The third-order valence-electron chi connectivity index (χ3n) is 4.34. The van der Waals surface area contributed by atoms with Crippen LogP contribution in [0.3, 0.4) is 0 Å². The molecule has 0 spiro atoms. The molecule has 0 aliphatic heterocycles. The maximum absolute atomic E-state index is 13.0. The fourth-order valence-corrected chi connectivity index (χ4v) is 4.52. The molecule has 266 valence electrons. The molecule has 0 aromatic rings. The number of alkyl halides is 27. The highest BCUT2D eigenvalue weighted by molar-refractivity contribution is 7.48. The largest absolute Gasteiger partial charge is 0.479 e. The van der Waals surface area contributed by atoms with Crippen molar-refractivity contribution in [2.24, 2.45) is 0 Å². The fraction of sp³-hybridized carbons (Fsp3) is 1.00. The lowest BCUT2D eigenvalue weighted by molar-refractivity contribution is -0.465. The summed E-state index contributed by atoms with van der Waals surface area (Å²) in [7, 11) is -10.9. The topological polar surface area (TPSA) is 44.8 Å². The molecule has 44 heavy (non-hydrogen) atoms. The maximum atomic E-state index is 13.0. The summed E-state index contributed by atoms with van der Waals surface area (Å²) in [5.41, 5.74) is -27.4. The van der Waals surface area contributed by atoms with E-state index in [0.717, 1.165) is 13.6 Å². The summed E-state index contributed by atoms with van der Waals surface area (Å²) in [5.74, 6) is 0. The van der Waals surface area contributed by atoms with Gasteiger partial charge in [-0.25, -0.2) is 4.57 Å². The van der Waals surface area contributed by atoms with Gasteiger partial charge in [0.2, 0.25) is 0 Å². The Morgan fingerprint density at radius 1 is 0.250 bits per heavy atom. The van der Waals surface area contributed by atoms with Gasteiger partial charge in [-0.2, -0.15) is 119 Å². The SMILES string of the molecule is O=P(OC(C(F)(F)F)(C(F)(F)F)C(F)(F)F)(OC(C(F)(F)F)(C(F)(F)F)C(F)(F)F)OC(C(F)(F)F)(C(F)(F)F)C(F)(F)F. The van der Waals surface area contributed by atoms with E-state index in [1.165, 1.54) is 0 Å². The van der Waals surface area contributed by atoms with Crippen LogP contribution in [0.4, 0.5) is 119 Å². The van der Waals surface area contributed by atoms with E-state index in [2.05, 4.69) is 0 Å². The van der Waals surface area contributed by atoms with Crippen LogP contribution in [-0.4, -0.2) is 72.4 Å². The van der Waals surface area contributed by atoms with Crippen molar-refractivity contribution >= 4 is 7.82 Å². The van der Waals surface area contributed by atoms with Gasteiger partial charge < -0.3 is 0 Å². The molecule has 0 N–H and O–H groups in total. The zero-order valence-electron chi connectivity index (χ0n) is 18.3. The Kier molecular flexibility index (Phi) is 10.2. The lowest BCUT2D eigenvalue weighted by atomic mass is 10.0. The predicted molar refractivity (Wildman–Crippen MR) is 73.5 cm³/mol. The molecule has 0 unspecified atom stereocenters. The average Bonchev–Trinajstić information content (AvgIpc) is 2.59. The van der Waals surface area contributed by atoms with Crippen LogP contribution < -0.4 is 0 Å². The van der Waals surface area contributed by atoms with Crippen molar-refractivity contribution < 1.29 is 137 Å². The summed E-state index contributed by atoms with van der Waals surface area (Å²) < 4.78 is 368. The Balaban J connectivity index is 8.81. The Morgan fingerprint density at radius 3 is 0.409 bits per heavy atom. The van der Waals surface area contributed by atoms with Gasteiger partial charge in [-0.15, -0.1) is 0 Å². The van der Waals surface area contributed by atoms with Crippen LogP contribution in [0.25, 0.3) is 0 Å². The molecule has 0 amide bonds. The maximum Gasteiger partial charge on any atom is 0.479 e. The van der Waals surface area contributed by atoms with Crippen LogP contribution in [0, 0.1) is 0 Å². The lowest BCUT2D eigenvalue weighted by Crippen LogP contribution is -2.71. The smallest absolute Gasteiger partial charge is 0.252 e. The van der Waals surface area contributed by atoms with Gasteiger partial charge in [0, 0.05) is 0 Å². The highest BCUT2D eigenvalue weighted by Crippen LogP contribution is 2.73. The average molecular weight is 752 g/mol. The predicted octanol–water partition coefficient (Wildman–Crippen LogP) is 9.42. The van der Waals surface area contributed by atoms with Crippen LogP contribution in [0.5, 0.6) is 0 Å². The van der Waals surface area contributed by atoms with E-state index in [1.54, 1.807) is 0 Å². The van der Waals surface area contributed by atoms with Gasteiger partial charge in [-0.05, 0) is 0 Å². The summed E-state index contributed by atoms with van der Waals surface area (Å²) in [6.07, 6.45) is -79.9. The molecule has 0 aliphatic carbocycles. The molecule has 0 saturated heterocycles. The van der Waals surface area contributed by atoms with Gasteiger partial charge in [0.1, 0.15) is 0 Å². The molecule has 0 saturated carbocycles. The third kappa shape index (κ3) is 6.55. The second-order valence-corrected chi connectivity index (χ2v) is 8.69. The zero-order valence-corrected chi connectivity index (χ0v) is 19.2. The zero-order chi connectivity index (χ0) is 36.6. The summed E-state index contributed by atoms with van der Waals surface area (Å²) in [6.45, 7) is 0. The van der Waals surface area contributed by atoms with Crippen LogP contribution in [0.15, 0.2) is 0 Å². The van der Waals surface area contributed by atoms with Crippen molar-refractivity contribution in [3.05, 3.63) is 0 Å². The molecule has 0 fully saturated rings. The summed E-state index contributed by atoms with van der Waals surface area (Å²) in [6, 6.07) is 0. The van der Waals surface area contributed by atoms with Crippen molar-refractivity contribution in [1.29, 1.82) is 0 Å². The quantitative estimate of drug-likeness (QED) is 0.201. The van der Waals surface area contributed by atoms with E-state index in [9.17, 15) is 123 Å². The number of phosphoric ester groups is 1. The number of hydrogen-bond donors (Lipinski definition) is 0. The van der Waals surface area contributed by atoms with Crippen LogP contribution in [0.2, 0.25) is 0 Å². The van der Waals surface area contributed by atoms with Gasteiger partial charge in [-0.1, -0.05) is 0 Å². The molecular formula is C12F27O4P. The van der Waals surface area contributed by atoms with Gasteiger partial charge in [0.05, 0.1) is 0 Å². The van der Waals surface area contributed by atoms with E-state index in [4.69, 9.17) is 0 Å².